The molecular formula is C8H9BrN2O. The Kier molecular flexibility index (Phi) is 2.38. The first-order valence-corrected chi connectivity index (χ1v) is 3.42. The summed E-state index contributed by atoms with van der Waals surface area (Å²) < 4.78 is 0. The Balaban J connectivity index is 0.000000720. The summed E-state index contributed by atoms with van der Waals surface area (Å²) in [7, 11) is 0. The zero-order valence-electron chi connectivity index (χ0n) is 6.29. The van der Waals surface area contributed by atoms with E-state index in [-0.39, 0.29) is 22.7 Å². The van der Waals surface area contributed by atoms with Crippen molar-refractivity contribution >= 4 is 28.5 Å². The van der Waals surface area contributed by atoms with Crippen LogP contribution in [-0.2, 0) is 6.42 Å². The molecule has 0 aliphatic carbocycles. The molecule has 1 aliphatic heterocycles. The first-order valence-electron chi connectivity index (χ1n) is 3.42. The second kappa shape index (κ2) is 3.15. The van der Waals surface area contributed by atoms with Gasteiger partial charge in [-0.2, -0.15) is 0 Å². The molecule has 12 heavy (non-hydrogen) atoms. The van der Waals surface area contributed by atoms with Crippen molar-refractivity contribution in [3.05, 3.63) is 23.8 Å². The standard InChI is InChI=1S/C8H8N2O.BrH/c9-8-4-5-6(10-8)2-1-3-7(5)11;/h1-3,11H,4H2,(H2,9,10);1H. The van der Waals surface area contributed by atoms with E-state index in [9.17, 15) is 5.11 Å². The zero-order valence-corrected chi connectivity index (χ0v) is 8.01. The van der Waals surface area contributed by atoms with E-state index in [2.05, 4.69) is 5.32 Å². The molecule has 0 bridgehead atoms. The first kappa shape index (κ1) is 9.06. The fraction of sp³-hybridized carbons (Fsp3) is 0.125. The number of phenolic OH excluding ortho intramolecular Hbond substituents is 1. The van der Waals surface area contributed by atoms with Crippen molar-refractivity contribution < 1.29 is 5.11 Å². The molecule has 64 valence electrons. The Hall–Kier alpha value is -1.03. The van der Waals surface area contributed by atoms with Crippen molar-refractivity contribution in [3.63, 3.8) is 0 Å². The van der Waals surface area contributed by atoms with Gasteiger partial charge >= 0.3 is 0 Å². The number of hydrogen-bond donors (Lipinski definition) is 3. The van der Waals surface area contributed by atoms with E-state index in [1.807, 2.05) is 6.07 Å². The third-order valence-corrected chi connectivity index (χ3v) is 1.79. The van der Waals surface area contributed by atoms with E-state index in [1.165, 1.54) is 0 Å². The number of phenols is 1. The van der Waals surface area contributed by atoms with Gasteiger partial charge < -0.3 is 10.4 Å². The summed E-state index contributed by atoms with van der Waals surface area (Å²) in [6.07, 6.45) is 0.516. The van der Waals surface area contributed by atoms with E-state index in [0.29, 0.717) is 12.3 Å². The van der Waals surface area contributed by atoms with Crippen LogP contribution >= 0.6 is 17.0 Å². The van der Waals surface area contributed by atoms with Gasteiger partial charge in [-0.05, 0) is 12.1 Å². The van der Waals surface area contributed by atoms with Gasteiger partial charge in [-0.3, -0.25) is 5.41 Å². The minimum Gasteiger partial charge on any atom is -0.508 e. The third-order valence-electron chi connectivity index (χ3n) is 1.79. The molecule has 0 amide bonds. The molecule has 3 N–H and O–H groups in total. The first-order chi connectivity index (χ1) is 5.27. The van der Waals surface area contributed by atoms with Gasteiger partial charge in [-0.25, -0.2) is 0 Å². The maximum Gasteiger partial charge on any atom is 0.121 e. The van der Waals surface area contributed by atoms with Gasteiger partial charge in [0.1, 0.15) is 11.6 Å². The molecule has 0 aromatic heterocycles. The van der Waals surface area contributed by atoms with Crippen LogP contribution in [0.4, 0.5) is 5.69 Å². The molecule has 1 aliphatic rings. The summed E-state index contributed by atoms with van der Waals surface area (Å²) in [6.45, 7) is 0. The van der Waals surface area contributed by atoms with Crippen LogP contribution in [0.25, 0.3) is 0 Å². The van der Waals surface area contributed by atoms with Crippen molar-refractivity contribution in [2.45, 2.75) is 6.42 Å². The van der Waals surface area contributed by atoms with Crippen molar-refractivity contribution in [3.8, 4) is 5.75 Å². The molecule has 0 unspecified atom stereocenters. The minimum atomic E-state index is 0. The summed E-state index contributed by atoms with van der Waals surface area (Å²) in [4.78, 5) is 0. The molecule has 3 nitrogen and oxygen atoms in total. The second-order valence-corrected chi connectivity index (χ2v) is 2.58. The molecule has 0 saturated carbocycles. The van der Waals surface area contributed by atoms with Gasteiger partial charge in [0.15, 0.2) is 0 Å². The summed E-state index contributed by atoms with van der Waals surface area (Å²) in [6, 6.07) is 5.26. The number of amidine groups is 1. The van der Waals surface area contributed by atoms with Crippen LogP contribution in [0.15, 0.2) is 18.2 Å². The van der Waals surface area contributed by atoms with Crippen LogP contribution in [-0.4, -0.2) is 10.9 Å². The van der Waals surface area contributed by atoms with Crippen LogP contribution in [0.5, 0.6) is 5.75 Å². The average molecular weight is 229 g/mol. The van der Waals surface area contributed by atoms with Gasteiger partial charge in [0.05, 0.1) is 0 Å². The summed E-state index contributed by atoms with van der Waals surface area (Å²) in [5.41, 5.74) is 1.69. The number of halogens is 1. The predicted molar refractivity (Wildman–Crippen MR) is 53.5 cm³/mol. The number of fused-ring (bicyclic) bond motifs is 1. The predicted octanol–water partition coefficient (Wildman–Crippen LogP) is 1.92. The topological polar surface area (TPSA) is 56.1 Å². The highest BCUT2D eigenvalue weighted by Crippen LogP contribution is 2.30. The van der Waals surface area contributed by atoms with Gasteiger partial charge in [0, 0.05) is 17.7 Å². The monoisotopic (exact) mass is 228 g/mol. The second-order valence-electron chi connectivity index (χ2n) is 2.58. The Bertz CT molecular complexity index is 325. The van der Waals surface area contributed by atoms with Gasteiger partial charge in [-0.15, -0.1) is 17.0 Å². The van der Waals surface area contributed by atoms with Crippen molar-refractivity contribution in [1.29, 1.82) is 5.41 Å². The van der Waals surface area contributed by atoms with Crippen molar-refractivity contribution in [2.24, 2.45) is 0 Å². The lowest BCUT2D eigenvalue weighted by Gasteiger charge is -1.98. The van der Waals surface area contributed by atoms with Gasteiger partial charge in [-0.1, -0.05) is 6.07 Å². The molecule has 1 aromatic carbocycles. The maximum absolute atomic E-state index is 9.31. The smallest absolute Gasteiger partial charge is 0.121 e. The fourth-order valence-electron chi connectivity index (χ4n) is 1.26. The Morgan fingerprint density at radius 3 is 2.83 bits per heavy atom. The largest absolute Gasteiger partial charge is 0.508 e. The molecule has 0 atom stereocenters. The van der Waals surface area contributed by atoms with Crippen molar-refractivity contribution in [1.82, 2.24) is 0 Å². The van der Waals surface area contributed by atoms with Gasteiger partial charge in [0.25, 0.3) is 0 Å². The third kappa shape index (κ3) is 1.30. The quantitative estimate of drug-likeness (QED) is 0.636. The highest BCUT2D eigenvalue weighted by atomic mass is 79.9. The van der Waals surface area contributed by atoms with Crippen LogP contribution in [0.2, 0.25) is 0 Å². The molecule has 2 rings (SSSR count). The van der Waals surface area contributed by atoms with E-state index in [0.717, 1.165) is 11.3 Å². The molecule has 0 fully saturated rings. The van der Waals surface area contributed by atoms with Crippen molar-refractivity contribution in [2.75, 3.05) is 5.32 Å². The summed E-state index contributed by atoms with van der Waals surface area (Å²) in [5, 5.41) is 19.5. The summed E-state index contributed by atoms with van der Waals surface area (Å²) in [5.74, 6) is 0.721. The number of aromatic hydroxyl groups is 1. The number of benzene rings is 1. The van der Waals surface area contributed by atoms with E-state index in [1.54, 1.807) is 12.1 Å². The number of anilines is 1. The van der Waals surface area contributed by atoms with E-state index >= 15 is 0 Å². The zero-order chi connectivity index (χ0) is 7.84. The molecule has 0 saturated heterocycles. The molecule has 4 heteroatoms. The Morgan fingerprint density at radius 2 is 2.17 bits per heavy atom. The lowest BCUT2D eigenvalue weighted by atomic mass is 10.1. The SMILES string of the molecule is Br.N=C1Cc2c(O)cccc2N1. The number of nitrogens with one attached hydrogen (secondary N) is 2. The Labute approximate surface area is 80.7 Å². The molecule has 0 radical (unpaired) electrons. The normalized spacial score (nSPS) is 13.2. The fourth-order valence-corrected chi connectivity index (χ4v) is 1.26. The highest BCUT2D eigenvalue weighted by Gasteiger charge is 2.16. The van der Waals surface area contributed by atoms with E-state index < -0.39 is 0 Å². The molecule has 1 aromatic rings. The lowest BCUT2D eigenvalue weighted by Crippen LogP contribution is -2.02. The number of hydrogen-bond acceptors (Lipinski definition) is 2. The lowest BCUT2D eigenvalue weighted by molar-refractivity contribution is 0.471. The maximum atomic E-state index is 9.31. The summed E-state index contributed by atoms with van der Waals surface area (Å²) >= 11 is 0. The molecular weight excluding hydrogens is 220 g/mol. The average Bonchev–Trinajstić information content (AvgIpc) is 2.31. The van der Waals surface area contributed by atoms with Crippen LogP contribution in [0.1, 0.15) is 5.56 Å². The van der Waals surface area contributed by atoms with Crippen LogP contribution in [0, 0.1) is 5.41 Å². The highest BCUT2D eigenvalue weighted by molar-refractivity contribution is 8.93. The van der Waals surface area contributed by atoms with Gasteiger partial charge in [0.2, 0.25) is 0 Å². The van der Waals surface area contributed by atoms with E-state index in [4.69, 9.17) is 5.41 Å². The molecule has 0 spiro atoms. The Morgan fingerprint density at radius 1 is 1.42 bits per heavy atom. The minimum absolute atomic E-state index is 0. The van der Waals surface area contributed by atoms with Crippen LogP contribution < -0.4 is 5.32 Å². The van der Waals surface area contributed by atoms with Crippen LogP contribution in [0.3, 0.4) is 0 Å². The molecule has 1 heterocycles. The number of rotatable bonds is 0.